The summed E-state index contributed by atoms with van der Waals surface area (Å²) in [7, 11) is 0. The van der Waals surface area contributed by atoms with E-state index in [1.807, 2.05) is 20.8 Å². The summed E-state index contributed by atoms with van der Waals surface area (Å²) in [4.78, 5) is 12.3. The molecule has 0 spiro atoms. The average molecular weight is 316 g/mol. The van der Waals surface area contributed by atoms with Gasteiger partial charge in [0.1, 0.15) is 5.76 Å². The number of halogens is 1. The first-order valence-electron chi connectivity index (χ1n) is 7.45. The summed E-state index contributed by atoms with van der Waals surface area (Å²) >= 11 is 0. The Morgan fingerprint density at radius 2 is 2.19 bits per heavy atom. The Kier molecular flexibility index (Phi) is 6.68. The first-order valence-corrected chi connectivity index (χ1v) is 7.45. The van der Waals surface area contributed by atoms with Crippen LogP contribution in [-0.4, -0.2) is 23.7 Å². The Bertz CT molecular complexity index is 456. The van der Waals surface area contributed by atoms with Crippen LogP contribution in [0, 0.1) is 25.7 Å². The fourth-order valence-electron chi connectivity index (χ4n) is 3.16. The van der Waals surface area contributed by atoms with E-state index in [-0.39, 0.29) is 30.3 Å². The quantitative estimate of drug-likeness (QED) is 0.872. The maximum atomic E-state index is 12.3. The van der Waals surface area contributed by atoms with Gasteiger partial charge in [-0.05, 0) is 52.5 Å². The topological polar surface area (TPSA) is 81.2 Å². The second-order valence-electron chi connectivity index (χ2n) is 5.95. The van der Waals surface area contributed by atoms with Crippen LogP contribution in [0.2, 0.25) is 0 Å². The lowest BCUT2D eigenvalue weighted by Gasteiger charge is -2.21. The molecule has 0 saturated heterocycles. The number of aromatic nitrogens is 1. The Morgan fingerprint density at radius 1 is 1.48 bits per heavy atom. The number of rotatable bonds is 5. The summed E-state index contributed by atoms with van der Waals surface area (Å²) in [5, 5.41) is 7.06. The molecule has 1 saturated carbocycles. The van der Waals surface area contributed by atoms with Crippen LogP contribution in [0.5, 0.6) is 0 Å². The van der Waals surface area contributed by atoms with Crippen molar-refractivity contribution in [1.29, 1.82) is 0 Å². The molecular formula is C15H26ClN3O2. The molecule has 1 aliphatic rings. The van der Waals surface area contributed by atoms with Crippen molar-refractivity contribution in [2.45, 2.75) is 52.5 Å². The number of nitrogens with two attached hydrogens (primary N) is 1. The molecule has 3 N–H and O–H groups in total. The van der Waals surface area contributed by atoms with E-state index < -0.39 is 0 Å². The average Bonchev–Trinajstić information content (AvgIpc) is 3.00. The molecule has 0 bridgehead atoms. The van der Waals surface area contributed by atoms with Gasteiger partial charge in [-0.3, -0.25) is 4.79 Å². The number of amides is 1. The third kappa shape index (κ3) is 4.20. The van der Waals surface area contributed by atoms with E-state index >= 15 is 0 Å². The van der Waals surface area contributed by atoms with E-state index in [1.54, 1.807) is 0 Å². The summed E-state index contributed by atoms with van der Waals surface area (Å²) in [6.07, 6.45) is 3.91. The van der Waals surface area contributed by atoms with Crippen molar-refractivity contribution in [3.05, 3.63) is 17.0 Å². The van der Waals surface area contributed by atoms with E-state index in [2.05, 4.69) is 10.5 Å². The monoisotopic (exact) mass is 315 g/mol. The molecule has 21 heavy (non-hydrogen) atoms. The molecule has 1 amide bonds. The number of carbonyl (C=O) groups excluding carboxylic acids is 1. The van der Waals surface area contributed by atoms with Gasteiger partial charge in [-0.1, -0.05) is 11.6 Å². The van der Waals surface area contributed by atoms with Gasteiger partial charge < -0.3 is 15.6 Å². The highest BCUT2D eigenvalue weighted by Gasteiger charge is 2.32. The van der Waals surface area contributed by atoms with Crippen molar-refractivity contribution < 1.29 is 9.32 Å². The van der Waals surface area contributed by atoms with Crippen molar-refractivity contribution in [3.8, 4) is 0 Å². The second-order valence-corrected chi connectivity index (χ2v) is 5.95. The molecular weight excluding hydrogens is 290 g/mol. The van der Waals surface area contributed by atoms with E-state index in [9.17, 15) is 4.79 Å². The molecule has 1 aliphatic carbocycles. The Hall–Kier alpha value is -1.07. The number of aryl methyl sites for hydroxylation is 2. The highest BCUT2D eigenvalue weighted by atomic mass is 35.5. The minimum Gasteiger partial charge on any atom is -0.361 e. The van der Waals surface area contributed by atoms with Gasteiger partial charge in [0.2, 0.25) is 5.91 Å². The molecule has 5 nitrogen and oxygen atoms in total. The van der Waals surface area contributed by atoms with Crippen molar-refractivity contribution in [2.24, 2.45) is 17.6 Å². The van der Waals surface area contributed by atoms with Gasteiger partial charge in [0, 0.05) is 17.5 Å². The van der Waals surface area contributed by atoms with Gasteiger partial charge in [-0.2, -0.15) is 0 Å². The molecule has 1 heterocycles. The lowest BCUT2D eigenvalue weighted by atomic mass is 9.94. The van der Waals surface area contributed by atoms with E-state index in [4.69, 9.17) is 10.3 Å². The van der Waals surface area contributed by atoms with Crippen LogP contribution in [-0.2, 0) is 11.2 Å². The molecule has 1 unspecified atom stereocenters. The largest absolute Gasteiger partial charge is 0.361 e. The second kappa shape index (κ2) is 7.80. The molecule has 2 rings (SSSR count). The van der Waals surface area contributed by atoms with E-state index in [1.165, 1.54) is 0 Å². The lowest BCUT2D eigenvalue weighted by Crippen LogP contribution is -2.40. The van der Waals surface area contributed by atoms with Crippen LogP contribution in [0.4, 0.5) is 0 Å². The Morgan fingerprint density at radius 3 is 2.76 bits per heavy atom. The zero-order chi connectivity index (χ0) is 14.7. The summed E-state index contributed by atoms with van der Waals surface area (Å²) in [5.74, 6) is 1.43. The molecule has 0 aliphatic heterocycles. The van der Waals surface area contributed by atoms with Crippen LogP contribution in [0.15, 0.2) is 4.52 Å². The first kappa shape index (κ1) is 18.0. The normalized spacial score (nSPS) is 22.7. The van der Waals surface area contributed by atoms with Gasteiger partial charge in [0.15, 0.2) is 0 Å². The van der Waals surface area contributed by atoms with Crippen molar-refractivity contribution in [1.82, 2.24) is 10.5 Å². The van der Waals surface area contributed by atoms with Gasteiger partial charge in [0.25, 0.3) is 0 Å². The summed E-state index contributed by atoms with van der Waals surface area (Å²) < 4.78 is 5.16. The molecule has 1 fully saturated rings. The summed E-state index contributed by atoms with van der Waals surface area (Å²) in [6.45, 7) is 6.47. The summed E-state index contributed by atoms with van der Waals surface area (Å²) in [5.41, 5.74) is 7.75. The van der Waals surface area contributed by atoms with Crippen molar-refractivity contribution in [2.75, 3.05) is 6.54 Å². The maximum absolute atomic E-state index is 12.3. The third-order valence-corrected chi connectivity index (χ3v) is 4.38. The molecule has 1 aromatic rings. The van der Waals surface area contributed by atoms with E-state index in [0.717, 1.165) is 42.7 Å². The number of hydrogen-bond acceptors (Lipinski definition) is 4. The van der Waals surface area contributed by atoms with Gasteiger partial charge in [0.05, 0.1) is 5.69 Å². The van der Waals surface area contributed by atoms with Crippen LogP contribution in [0.25, 0.3) is 0 Å². The first-order chi connectivity index (χ1) is 9.52. The molecule has 0 aromatic carbocycles. The Labute approximate surface area is 132 Å². The minimum atomic E-state index is 0. The van der Waals surface area contributed by atoms with Crippen LogP contribution in [0.1, 0.15) is 43.2 Å². The van der Waals surface area contributed by atoms with Crippen molar-refractivity contribution >= 4 is 18.3 Å². The maximum Gasteiger partial charge on any atom is 0.223 e. The number of nitrogens with zero attached hydrogens (tertiary/aromatic N) is 1. The highest BCUT2D eigenvalue weighted by Crippen LogP contribution is 2.31. The highest BCUT2D eigenvalue weighted by molar-refractivity contribution is 5.85. The zero-order valence-corrected chi connectivity index (χ0v) is 13.8. The zero-order valence-electron chi connectivity index (χ0n) is 13.0. The number of nitrogens with one attached hydrogen (secondary N) is 1. The van der Waals surface area contributed by atoms with Gasteiger partial charge in [-0.15, -0.1) is 12.4 Å². The minimum absolute atomic E-state index is 0. The predicted molar refractivity (Wildman–Crippen MR) is 84.4 cm³/mol. The predicted octanol–water partition coefficient (Wildman–Crippen LogP) is 2.14. The Balaban J connectivity index is 0.00000220. The molecule has 3 atom stereocenters. The molecule has 1 aromatic heterocycles. The fraction of sp³-hybridized carbons (Fsp3) is 0.733. The fourth-order valence-corrected chi connectivity index (χ4v) is 3.16. The molecule has 0 radical (unpaired) electrons. The molecule has 120 valence electrons. The summed E-state index contributed by atoms with van der Waals surface area (Å²) in [6, 6.07) is 0.0818. The van der Waals surface area contributed by atoms with Crippen LogP contribution < -0.4 is 11.1 Å². The van der Waals surface area contributed by atoms with Gasteiger partial charge in [-0.25, -0.2) is 0 Å². The number of hydrogen-bond donors (Lipinski definition) is 2. The smallest absolute Gasteiger partial charge is 0.223 e. The number of carbonyl (C=O) groups is 1. The third-order valence-electron chi connectivity index (χ3n) is 4.38. The van der Waals surface area contributed by atoms with Crippen LogP contribution in [0.3, 0.4) is 0 Å². The van der Waals surface area contributed by atoms with E-state index in [0.29, 0.717) is 12.5 Å². The van der Waals surface area contributed by atoms with Crippen molar-refractivity contribution in [3.63, 3.8) is 0 Å². The van der Waals surface area contributed by atoms with Crippen LogP contribution >= 0.6 is 12.4 Å². The van der Waals surface area contributed by atoms with Gasteiger partial charge >= 0.3 is 0 Å². The lowest BCUT2D eigenvalue weighted by molar-refractivity contribution is -0.126. The standard InChI is InChI=1S/C15H25N3O2.ClH/c1-9(7-14-10(2)18-20-11(14)3)17-15(19)13-6-4-5-12(13)8-16;/h9,12-13H,4-8,16H2,1-3H3,(H,17,19);1H/t9?,12-,13-;/m1./s1. The SMILES string of the molecule is Cc1noc(C)c1CC(C)NC(=O)[C@@H]1CCC[C@@H]1CN.Cl. The molecule has 6 heteroatoms.